The quantitative estimate of drug-likeness (QED) is 0.584. The van der Waals surface area contributed by atoms with E-state index in [1.807, 2.05) is 6.07 Å². The number of rotatable bonds is 5. The van der Waals surface area contributed by atoms with Crippen LogP contribution in [0.15, 0.2) is 40.1 Å². The number of carbonyl (C=O) groups is 1. The molecule has 1 atom stereocenters. The zero-order valence-electron chi connectivity index (χ0n) is 17.6. The molecule has 32 heavy (non-hydrogen) atoms. The molecule has 0 saturated carbocycles. The average molecular weight is 480 g/mol. The van der Waals surface area contributed by atoms with Gasteiger partial charge in [-0.25, -0.2) is 12.8 Å². The van der Waals surface area contributed by atoms with E-state index in [-0.39, 0.29) is 31.4 Å². The van der Waals surface area contributed by atoms with Crippen LogP contribution in [0.3, 0.4) is 0 Å². The number of ether oxygens (including phenoxy) is 1. The van der Waals surface area contributed by atoms with Crippen molar-refractivity contribution in [2.75, 3.05) is 26.3 Å². The zero-order chi connectivity index (χ0) is 23.2. The summed E-state index contributed by atoms with van der Waals surface area (Å²) < 4.78 is 48.3. The fourth-order valence-electron chi connectivity index (χ4n) is 4.23. The van der Waals surface area contributed by atoms with Gasteiger partial charge in [0.2, 0.25) is 15.7 Å². The summed E-state index contributed by atoms with van der Waals surface area (Å²) in [5.74, 6) is -1.62. The number of benzene rings is 2. The van der Waals surface area contributed by atoms with Gasteiger partial charge >= 0.3 is 0 Å². The highest BCUT2D eigenvalue weighted by Gasteiger charge is 2.37. The van der Waals surface area contributed by atoms with Gasteiger partial charge in [0.1, 0.15) is 10.9 Å². The minimum absolute atomic E-state index is 0.00160. The second-order valence-corrected chi connectivity index (χ2v) is 10.2. The van der Waals surface area contributed by atoms with E-state index in [4.69, 9.17) is 22.1 Å². The molecule has 10 heteroatoms. The lowest BCUT2D eigenvalue weighted by atomic mass is 10.1. The number of nitrogens with zero attached hydrogens (tertiary/aromatic N) is 1. The number of sulfone groups is 1. The van der Waals surface area contributed by atoms with E-state index in [0.29, 0.717) is 26.3 Å². The van der Waals surface area contributed by atoms with Gasteiger partial charge in [0.25, 0.3) is 0 Å². The van der Waals surface area contributed by atoms with Gasteiger partial charge < -0.3 is 15.5 Å². The first kappa shape index (κ1) is 22.7. The molecule has 0 radical (unpaired) electrons. The largest absolute Gasteiger partial charge is 0.379 e. The Hall–Kier alpha value is -2.46. The van der Waals surface area contributed by atoms with Crippen molar-refractivity contribution < 1.29 is 22.3 Å². The topological polar surface area (TPSA) is 105 Å². The summed E-state index contributed by atoms with van der Waals surface area (Å²) in [5, 5.41) is -0.409. The van der Waals surface area contributed by atoms with Crippen LogP contribution in [-0.4, -0.2) is 50.5 Å². The Morgan fingerprint density at radius 3 is 2.41 bits per heavy atom. The first-order valence-corrected chi connectivity index (χ1v) is 11.9. The number of halogens is 2. The van der Waals surface area contributed by atoms with Crippen molar-refractivity contribution in [1.29, 1.82) is 0 Å². The number of primary amides is 1. The molecule has 1 aromatic heterocycles. The molecule has 7 nitrogen and oxygen atoms in total. The van der Waals surface area contributed by atoms with Crippen LogP contribution in [0, 0.1) is 19.7 Å². The number of hydrogen-bond donors (Lipinski definition) is 2. The van der Waals surface area contributed by atoms with Crippen molar-refractivity contribution in [2.24, 2.45) is 5.73 Å². The standard InChI is InChI=1S/C22H23ClFN3O4S/c1-12-9-13(2)11-14(10-12)32(29,30)21-17-16(4-3-15(23)18(17)24)26-19(21)20(22(25)28)27-5-7-31-8-6-27/h3-4,9-11,20,26H,5-8H2,1-2H3,(H2,25,28). The molecule has 1 aliphatic rings. The molecule has 0 bridgehead atoms. The van der Waals surface area contributed by atoms with E-state index in [9.17, 15) is 13.2 Å². The first-order chi connectivity index (χ1) is 15.1. The lowest BCUT2D eigenvalue weighted by Gasteiger charge is -2.32. The summed E-state index contributed by atoms with van der Waals surface area (Å²) in [6, 6.07) is 6.58. The minimum Gasteiger partial charge on any atom is -0.379 e. The summed E-state index contributed by atoms with van der Waals surface area (Å²) >= 11 is 6.00. The highest BCUT2D eigenvalue weighted by molar-refractivity contribution is 7.91. The molecular formula is C22H23ClFN3O4S. The van der Waals surface area contributed by atoms with Crippen LogP contribution in [0.25, 0.3) is 10.9 Å². The number of aromatic nitrogens is 1. The number of aromatic amines is 1. The van der Waals surface area contributed by atoms with Gasteiger partial charge in [-0.2, -0.15) is 0 Å². The Labute approximate surface area is 190 Å². The minimum atomic E-state index is -4.25. The number of aryl methyl sites for hydroxylation is 2. The van der Waals surface area contributed by atoms with Crippen molar-refractivity contribution in [3.8, 4) is 0 Å². The number of hydrogen-bond acceptors (Lipinski definition) is 5. The van der Waals surface area contributed by atoms with Crippen LogP contribution in [0.5, 0.6) is 0 Å². The van der Waals surface area contributed by atoms with Crippen LogP contribution < -0.4 is 5.73 Å². The van der Waals surface area contributed by atoms with Gasteiger partial charge in [0.05, 0.1) is 39.7 Å². The van der Waals surface area contributed by atoms with Crippen LogP contribution in [-0.2, 0) is 19.4 Å². The van der Waals surface area contributed by atoms with Gasteiger partial charge in [0.15, 0.2) is 5.82 Å². The highest BCUT2D eigenvalue weighted by atomic mass is 35.5. The monoisotopic (exact) mass is 479 g/mol. The summed E-state index contributed by atoms with van der Waals surface area (Å²) in [6.07, 6.45) is 0. The van der Waals surface area contributed by atoms with Gasteiger partial charge in [-0.1, -0.05) is 17.7 Å². The number of nitrogens with one attached hydrogen (secondary N) is 1. The van der Waals surface area contributed by atoms with Gasteiger partial charge in [0, 0.05) is 13.1 Å². The second kappa shape index (κ2) is 8.47. The number of carbonyl (C=O) groups excluding carboxylic acids is 1. The summed E-state index contributed by atoms with van der Waals surface area (Å²) in [4.78, 5) is 16.9. The van der Waals surface area contributed by atoms with Crippen LogP contribution >= 0.6 is 11.6 Å². The van der Waals surface area contributed by atoms with E-state index < -0.39 is 27.6 Å². The Morgan fingerprint density at radius 2 is 1.81 bits per heavy atom. The fourth-order valence-corrected chi connectivity index (χ4v) is 6.23. The molecule has 3 N–H and O–H groups in total. The molecule has 0 aliphatic carbocycles. The smallest absolute Gasteiger partial charge is 0.240 e. The van der Waals surface area contributed by atoms with E-state index in [1.54, 1.807) is 18.7 Å². The molecule has 3 aromatic rings. The first-order valence-electron chi connectivity index (χ1n) is 10.1. The number of H-pyrrole nitrogens is 1. The summed E-state index contributed by atoms with van der Waals surface area (Å²) in [6.45, 7) is 5.02. The molecule has 2 heterocycles. The van der Waals surface area contributed by atoms with E-state index >= 15 is 4.39 Å². The summed E-state index contributed by atoms with van der Waals surface area (Å²) in [7, 11) is -4.25. The lowest BCUT2D eigenvalue weighted by molar-refractivity contribution is -0.125. The Balaban J connectivity index is 2.05. The maximum absolute atomic E-state index is 15.2. The SMILES string of the molecule is Cc1cc(C)cc(S(=O)(=O)c2c(C(C(N)=O)N3CCOCC3)[nH]c3ccc(Cl)c(F)c23)c1. The number of amides is 1. The third-order valence-corrected chi connectivity index (χ3v) is 7.67. The molecule has 1 unspecified atom stereocenters. The van der Waals surface area contributed by atoms with Crippen molar-refractivity contribution in [1.82, 2.24) is 9.88 Å². The van der Waals surface area contributed by atoms with Crippen molar-refractivity contribution >= 4 is 38.2 Å². The van der Waals surface area contributed by atoms with Crippen LogP contribution in [0.1, 0.15) is 22.9 Å². The number of fused-ring (bicyclic) bond motifs is 1. The molecule has 4 rings (SSSR count). The Bertz CT molecular complexity index is 1300. The molecule has 1 aliphatic heterocycles. The lowest BCUT2D eigenvalue weighted by Crippen LogP contribution is -2.44. The van der Waals surface area contributed by atoms with Gasteiger partial charge in [-0.15, -0.1) is 0 Å². The van der Waals surface area contributed by atoms with Gasteiger partial charge in [-0.3, -0.25) is 9.69 Å². The third kappa shape index (κ3) is 3.90. The highest BCUT2D eigenvalue weighted by Crippen LogP contribution is 2.40. The van der Waals surface area contributed by atoms with Crippen LogP contribution in [0.2, 0.25) is 5.02 Å². The molecule has 1 fully saturated rings. The molecule has 0 spiro atoms. The molecule has 2 aromatic carbocycles. The zero-order valence-corrected chi connectivity index (χ0v) is 19.2. The predicted molar refractivity (Wildman–Crippen MR) is 119 cm³/mol. The van der Waals surface area contributed by atoms with Crippen molar-refractivity contribution in [2.45, 2.75) is 29.7 Å². The Morgan fingerprint density at radius 1 is 1.19 bits per heavy atom. The van der Waals surface area contributed by atoms with E-state index in [0.717, 1.165) is 11.1 Å². The van der Waals surface area contributed by atoms with Crippen molar-refractivity contribution in [3.05, 3.63) is 58.0 Å². The predicted octanol–water partition coefficient (Wildman–Crippen LogP) is 3.27. The van der Waals surface area contributed by atoms with E-state index in [1.165, 1.54) is 24.3 Å². The fraction of sp³-hybridized carbons (Fsp3) is 0.318. The van der Waals surface area contributed by atoms with Crippen LogP contribution in [0.4, 0.5) is 4.39 Å². The maximum atomic E-state index is 15.2. The molecule has 1 amide bonds. The third-order valence-electron chi connectivity index (χ3n) is 5.56. The van der Waals surface area contributed by atoms with E-state index in [2.05, 4.69) is 4.98 Å². The second-order valence-electron chi connectivity index (χ2n) is 7.93. The maximum Gasteiger partial charge on any atom is 0.240 e. The van der Waals surface area contributed by atoms with Gasteiger partial charge in [-0.05, 0) is 49.2 Å². The molecule has 1 saturated heterocycles. The van der Waals surface area contributed by atoms with Crippen molar-refractivity contribution in [3.63, 3.8) is 0 Å². The normalized spacial score (nSPS) is 16.4. The number of nitrogens with two attached hydrogens (primary N) is 1. The molecule has 170 valence electrons. The Kier molecular flexibility index (Phi) is 6.02. The summed E-state index contributed by atoms with van der Waals surface area (Å²) in [5.41, 5.74) is 7.45. The molecular weight excluding hydrogens is 457 g/mol. The number of morpholine rings is 1. The average Bonchev–Trinajstić information content (AvgIpc) is 3.11.